The van der Waals surface area contributed by atoms with Crippen molar-refractivity contribution in [1.82, 2.24) is 16.0 Å². The van der Waals surface area contributed by atoms with Crippen LogP contribution in [-0.4, -0.2) is 99.0 Å². The molecule has 0 heterocycles. The third kappa shape index (κ3) is 14.7. The van der Waals surface area contributed by atoms with Gasteiger partial charge in [-0.25, -0.2) is 5.48 Å². The number of aliphatic hydroxyl groups excluding tert-OH is 1. The van der Waals surface area contributed by atoms with E-state index in [9.17, 15) is 19.8 Å². The number of allylic oxidation sites excluding steroid dienone is 2. The first-order chi connectivity index (χ1) is 24.0. The molecular weight excluding hydrogens is 659 g/mol. The number of hydrogen-bond donors (Lipinski definition) is 7. The molecule has 1 fully saturated rings. The van der Waals surface area contributed by atoms with E-state index in [1.54, 1.807) is 19.9 Å². The molecule has 1 rings (SSSR count). The molecule has 0 amide bonds. The second-order valence-corrected chi connectivity index (χ2v) is 14.0. The average molecular weight is 727 g/mol. The fraction of sp³-hybridized carbons (Fsp3) is 0.800. The summed E-state index contributed by atoms with van der Waals surface area (Å²) in [5.41, 5.74) is 14.2. The average Bonchev–Trinajstić information content (AvgIpc) is 3.60. The Hall–Kier alpha value is -2.73. The van der Waals surface area contributed by atoms with Crippen LogP contribution in [0.4, 0.5) is 0 Å². The summed E-state index contributed by atoms with van der Waals surface area (Å²) < 4.78 is 28.3. The van der Waals surface area contributed by atoms with Crippen LogP contribution in [0.15, 0.2) is 28.3 Å². The molecule has 7 atom stereocenters. The van der Waals surface area contributed by atoms with Gasteiger partial charge in [-0.15, -0.1) is 0 Å². The van der Waals surface area contributed by atoms with E-state index in [4.69, 9.17) is 35.1 Å². The first-order valence-corrected chi connectivity index (χ1v) is 18.2. The molecule has 0 saturated heterocycles. The molecule has 0 spiro atoms. The molecule has 0 aromatic carbocycles. The SMILES string of the molecule is CC/C=C(N)/N=C(OC)/C(NCC1C(C)C1(O)C(O)C(COB(NC(CC(C)C)C(=O)CCC)ONC(CC(C)C)C(=O)OCC)OC)=C(\C)N. The number of hydrogen-bond acceptors (Lipinski definition) is 15. The van der Waals surface area contributed by atoms with E-state index in [0.29, 0.717) is 43.5 Å². The van der Waals surface area contributed by atoms with Crippen LogP contribution in [-0.2, 0) is 33.2 Å². The minimum atomic E-state index is -1.54. The molecular formula is C35H67BN6O9. The van der Waals surface area contributed by atoms with E-state index in [2.05, 4.69) is 21.0 Å². The lowest BCUT2D eigenvalue weighted by molar-refractivity contribution is -0.149. The molecule has 0 bridgehead atoms. The quantitative estimate of drug-likeness (QED) is 0.0224. The molecule has 0 radical (unpaired) electrons. The standard InChI is InChI=1S/C35H67BN6O9/c1-12-15-28(43)26(17-21(4)5)41-36(51-42-27(18-22(6)7)34(45)49-14-3)50-20-29(47-10)32(44)35(46)23(8)25(35)19-39-31(24(9)37)33(48-11)40-30(38)16-13-2/h16,21-23,25-27,29,32,39,41-42,44,46H,12-15,17-20,37-38H2,1-11H3/b30-16+,31-24-,40-33-. The zero-order chi connectivity index (χ0) is 38.9. The van der Waals surface area contributed by atoms with Crippen molar-refractivity contribution in [3.05, 3.63) is 23.3 Å². The Balaban J connectivity index is 3.20. The van der Waals surface area contributed by atoms with Crippen molar-refractivity contribution in [3.63, 3.8) is 0 Å². The highest BCUT2D eigenvalue weighted by atomic mass is 16.7. The number of rotatable bonds is 26. The van der Waals surface area contributed by atoms with Gasteiger partial charge in [-0.1, -0.05) is 48.5 Å². The summed E-state index contributed by atoms with van der Waals surface area (Å²) in [5, 5.41) is 29.5. The number of hydroxylamine groups is 1. The van der Waals surface area contributed by atoms with Gasteiger partial charge in [-0.05, 0) is 63.4 Å². The van der Waals surface area contributed by atoms with Gasteiger partial charge in [0.2, 0.25) is 5.90 Å². The fourth-order valence-corrected chi connectivity index (χ4v) is 5.94. The highest BCUT2D eigenvalue weighted by Crippen LogP contribution is 2.53. The number of carbonyl (C=O) groups is 2. The Morgan fingerprint density at radius 1 is 1.06 bits per heavy atom. The van der Waals surface area contributed by atoms with Crippen LogP contribution in [0.5, 0.6) is 0 Å². The summed E-state index contributed by atoms with van der Waals surface area (Å²) in [7, 11) is 1.63. The van der Waals surface area contributed by atoms with Crippen molar-refractivity contribution in [2.45, 2.75) is 124 Å². The van der Waals surface area contributed by atoms with E-state index in [1.165, 1.54) is 14.2 Å². The minimum absolute atomic E-state index is 0.000750. The molecule has 1 aliphatic carbocycles. The number of esters is 1. The van der Waals surface area contributed by atoms with Gasteiger partial charge in [-0.3, -0.25) is 14.8 Å². The molecule has 51 heavy (non-hydrogen) atoms. The normalized spacial score (nSPS) is 22.3. The number of ether oxygens (including phenoxy) is 3. The second kappa shape index (κ2) is 23.0. The van der Waals surface area contributed by atoms with Crippen molar-refractivity contribution < 1.29 is 43.4 Å². The molecule has 0 aliphatic heterocycles. The number of ketones is 1. The smallest absolute Gasteiger partial charge is 0.479 e. The number of nitrogens with one attached hydrogen (secondary N) is 3. The van der Waals surface area contributed by atoms with Crippen LogP contribution >= 0.6 is 0 Å². The minimum Gasteiger partial charge on any atom is -0.479 e. The third-order valence-corrected chi connectivity index (χ3v) is 8.83. The highest BCUT2D eigenvalue weighted by molar-refractivity contribution is 6.41. The van der Waals surface area contributed by atoms with E-state index in [-0.39, 0.29) is 55.0 Å². The summed E-state index contributed by atoms with van der Waals surface area (Å²) in [4.78, 5) is 30.1. The van der Waals surface area contributed by atoms with E-state index in [0.717, 1.165) is 0 Å². The largest absolute Gasteiger partial charge is 0.572 e. The number of aliphatic hydroxyl groups is 2. The number of nitrogens with two attached hydrogens (primary N) is 2. The summed E-state index contributed by atoms with van der Waals surface area (Å²) in [6, 6.07) is -1.39. The summed E-state index contributed by atoms with van der Waals surface area (Å²) in [6.07, 6.45) is 2.06. The second-order valence-electron chi connectivity index (χ2n) is 14.0. The molecule has 9 N–H and O–H groups in total. The van der Waals surface area contributed by atoms with Crippen molar-refractivity contribution in [1.29, 1.82) is 0 Å². The van der Waals surface area contributed by atoms with Crippen LogP contribution in [0.1, 0.15) is 94.4 Å². The molecule has 15 nitrogen and oxygen atoms in total. The van der Waals surface area contributed by atoms with Gasteiger partial charge in [-0.2, -0.15) is 4.99 Å². The number of aliphatic imine (C=N–C) groups is 1. The van der Waals surface area contributed by atoms with Crippen LogP contribution in [0, 0.1) is 23.7 Å². The molecule has 0 aromatic rings. The lowest BCUT2D eigenvalue weighted by Gasteiger charge is -2.30. The predicted molar refractivity (Wildman–Crippen MR) is 198 cm³/mol. The van der Waals surface area contributed by atoms with Gasteiger partial charge in [0.15, 0.2) is 0 Å². The molecule has 1 saturated carbocycles. The van der Waals surface area contributed by atoms with Crippen molar-refractivity contribution in [3.8, 4) is 0 Å². The number of carbonyl (C=O) groups excluding carboxylic acids is 2. The van der Waals surface area contributed by atoms with Gasteiger partial charge < -0.3 is 50.6 Å². The Kier molecular flexibility index (Phi) is 20.9. The number of methoxy groups -OCH3 is 2. The first kappa shape index (κ1) is 46.3. The zero-order valence-corrected chi connectivity index (χ0v) is 32.8. The number of Topliss-reactive ketones (excluding diaryl/α,β-unsaturated/α-hetero) is 1. The van der Waals surface area contributed by atoms with E-state index >= 15 is 0 Å². The predicted octanol–water partition coefficient (Wildman–Crippen LogP) is 2.27. The maximum atomic E-state index is 13.1. The maximum Gasteiger partial charge on any atom is 0.572 e. The van der Waals surface area contributed by atoms with Crippen molar-refractivity contribution >= 4 is 24.9 Å². The topological polar surface area (TPSA) is 221 Å². The Morgan fingerprint density at radius 2 is 1.69 bits per heavy atom. The van der Waals surface area contributed by atoms with Crippen LogP contribution in [0.25, 0.3) is 0 Å². The number of nitrogens with zero attached hydrogens (tertiary/aromatic N) is 1. The van der Waals surface area contributed by atoms with Crippen molar-refractivity contribution in [2.24, 2.45) is 40.1 Å². The monoisotopic (exact) mass is 727 g/mol. The summed E-state index contributed by atoms with van der Waals surface area (Å²) in [6.45, 7) is 17.3. The van der Waals surface area contributed by atoms with Crippen LogP contribution in [0.3, 0.4) is 0 Å². The Labute approximate surface area is 305 Å². The van der Waals surface area contributed by atoms with Crippen LogP contribution < -0.4 is 27.5 Å². The van der Waals surface area contributed by atoms with Gasteiger partial charge in [0.25, 0.3) is 0 Å². The Bertz CT molecular complexity index is 1170. The molecule has 16 heteroatoms. The van der Waals surface area contributed by atoms with E-state index < -0.39 is 49.0 Å². The molecule has 294 valence electrons. The van der Waals surface area contributed by atoms with Gasteiger partial charge in [0.05, 0.1) is 26.4 Å². The zero-order valence-electron chi connectivity index (χ0n) is 32.8. The van der Waals surface area contributed by atoms with Crippen LogP contribution in [0.2, 0.25) is 0 Å². The Morgan fingerprint density at radius 3 is 2.20 bits per heavy atom. The lowest BCUT2D eigenvalue weighted by atomic mass is 9.93. The molecule has 1 aliphatic rings. The fourth-order valence-electron chi connectivity index (χ4n) is 5.94. The van der Waals surface area contributed by atoms with Gasteiger partial charge in [0.1, 0.15) is 41.2 Å². The van der Waals surface area contributed by atoms with Gasteiger partial charge >= 0.3 is 13.2 Å². The summed E-state index contributed by atoms with van der Waals surface area (Å²) >= 11 is 0. The first-order valence-electron chi connectivity index (χ1n) is 18.2. The third-order valence-electron chi connectivity index (χ3n) is 8.83. The molecule has 0 aromatic heterocycles. The molecule has 7 unspecified atom stereocenters. The van der Waals surface area contributed by atoms with Crippen molar-refractivity contribution in [2.75, 3.05) is 34.0 Å². The van der Waals surface area contributed by atoms with E-state index in [1.807, 2.05) is 48.5 Å². The summed E-state index contributed by atoms with van der Waals surface area (Å²) in [5.74, 6) is -0.424. The lowest BCUT2D eigenvalue weighted by Crippen LogP contribution is -2.55. The van der Waals surface area contributed by atoms with Gasteiger partial charge in [0, 0.05) is 31.7 Å². The maximum absolute atomic E-state index is 13.1. The highest BCUT2D eigenvalue weighted by Gasteiger charge is 2.66.